The molecule has 0 fully saturated rings. The summed E-state index contributed by atoms with van der Waals surface area (Å²) < 4.78 is 0. The molecule has 0 spiro atoms. The van der Waals surface area contributed by atoms with E-state index < -0.39 is 0 Å². The van der Waals surface area contributed by atoms with Crippen LogP contribution in [0, 0.1) is 0 Å². The summed E-state index contributed by atoms with van der Waals surface area (Å²) in [6, 6.07) is 5.85. The minimum Gasteiger partial charge on any atom is -0.399 e. The van der Waals surface area contributed by atoms with Crippen LogP contribution in [0.1, 0.15) is 31.4 Å². The molecule has 0 saturated carbocycles. The number of ketones is 1. The lowest BCUT2D eigenvalue weighted by Gasteiger charge is -2.31. The summed E-state index contributed by atoms with van der Waals surface area (Å²) >= 11 is 0. The van der Waals surface area contributed by atoms with Gasteiger partial charge in [0.15, 0.2) is 0 Å². The fraction of sp³-hybridized carbons (Fsp3) is 0.417. The predicted molar refractivity (Wildman–Crippen MR) is 57.2 cm³/mol. The quantitative estimate of drug-likeness (QED) is 0.635. The average Bonchev–Trinajstić information content (AvgIpc) is 2.05. The van der Waals surface area contributed by atoms with Gasteiger partial charge in [-0.05, 0) is 28.7 Å². The second kappa shape index (κ2) is 2.84. The first-order valence-corrected chi connectivity index (χ1v) is 4.90. The maximum absolute atomic E-state index is 11.5. The molecule has 2 N–H and O–H groups in total. The van der Waals surface area contributed by atoms with Gasteiger partial charge in [0.1, 0.15) is 5.78 Å². The number of carbonyl (C=O) groups is 1. The molecule has 0 heterocycles. The van der Waals surface area contributed by atoms with Crippen LogP contribution in [0.4, 0.5) is 5.69 Å². The SMILES string of the molecule is CC1(C)CC(=O)Cc2ccc(N)cc21. The molecule has 0 unspecified atom stereocenters. The van der Waals surface area contributed by atoms with Crippen LogP contribution < -0.4 is 5.73 Å². The van der Waals surface area contributed by atoms with Crippen molar-refractivity contribution in [3.05, 3.63) is 29.3 Å². The Morgan fingerprint density at radius 2 is 2.07 bits per heavy atom. The van der Waals surface area contributed by atoms with Gasteiger partial charge in [0.25, 0.3) is 0 Å². The number of fused-ring (bicyclic) bond motifs is 1. The highest BCUT2D eigenvalue weighted by atomic mass is 16.1. The first-order valence-electron chi connectivity index (χ1n) is 4.90. The van der Waals surface area contributed by atoms with E-state index in [1.54, 1.807) is 0 Å². The van der Waals surface area contributed by atoms with Crippen molar-refractivity contribution >= 4 is 11.5 Å². The van der Waals surface area contributed by atoms with Crippen molar-refractivity contribution in [1.29, 1.82) is 0 Å². The zero-order valence-corrected chi connectivity index (χ0v) is 8.63. The monoisotopic (exact) mass is 189 g/mol. The fourth-order valence-corrected chi connectivity index (χ4v) is 2.24. The van der Waals surface area contributed by atoms with E-state index in [4.69, 9.17) is 5.73 Å². The molecule has 74 valence electrons. The standard InChI is InChI=1S/C12H15NO/c1-12(2)7-10(14)5-8-3-4-9(13)6-11(8)12/h3-4,6H,5,7,13H2,1-2H3. The van der Waals surface area contributed by atoms with Crippen LogP contribution in [0.25, 0.3) is 0 Å². The summed E-state index contributed by atoms with van der Waals surface area (Å²) in [5.41, 5.74) is 8.85. The second-order valence-corrected chi connectivity index (χ2v) is 4.69. The van der Waals surface area contributed by atoms with Gasteiger partial charge in [-0.25, -0.2) is 0 Å². The Balaban J connectivity index is 2.58. The lowest BCUT2D eigenvalue weighted by atomic mass is 9.72. The number of hydrogen-bond acceptors (Lipinski definition) is 2. The molecule has 0 radical (unpaired) electrons. The van der Waals surface area contributed by atoms with Gasteiger partial charge in [0.2, 0.25) is 0 Å². The molecule has 14 heavy (non-hydrogen) atoms. The number of Topliss-reactive ketones (excluding diaryl/α,β-unsaturated/α-hetero) is 1. The highest BCUT2D eigenvalue weighted by Gasteiger charge is 2.31. The van der Waals surface area contributed by atoms with Crippen LogP contribution >= 0.6 is 0 Å². The van der Waals surface area contributed by atoms with Gasteiger partial charge in [-0.15, -0.1) is 0 Å². The van der Waals surface area contributed by atoms with Crippen molar-refractivity contribution in [2.75, 3.05) is 5.73 Å². The van der Waals surface area contributed by atoms with Crippen molar-refractivity contribution < 1.29 is 4.79 Å². The maximum Gasteiger partial charge on any atom is 0.138 e. The van der Waals surface area contributed by atoms with E-state index in [9.17, 15) is 4.79 Å². The Hall–Kier alpha value is -1.31. The van der Waals surface area contributed by atoms with E-state index in [-0.39, 0.29) is 5.41 Å². The fourth-order valence-electron chi connectivity index (χ4n) is 2.24. The van der Waals surface area contributed by atoms with Gasteiger partial charge < -0.3 is 5.73 Å². The molecule has 1 aliphatic carbocycles. The molecular weight excluding hydrogens is 174 g/mol. The van der Waals surface area contributed by atoms with Gasteiger partial charge in [0.05, 0.1) is 0 Å². The third-order valence-electron chi connectivity index (χ3n) is 2.89. The molecule has 1 aromatic carbocycles. The molecule has 0 aromatic heterocycles. The second-order valence-electron chi connectivity index (χ2n) is 4.69. The molecule has 0 saturated heterocycles. The van der Waals surface area contributed by atoms with Crippen LogP contribution in [0.3, 0.4) is 0 Å². The lowest BCUT2D eigenvalue weighted by Crippen LogP contribution is -2.29. The summed E-state index contributed by atoms with van der Waals surface area (Å²) in [6.45, 7) is 4.20. The number of carbonyl (C=O) groups excluding carboxylic acids is 1. The van der Waals surface area contributed by atoms with E-state index >= 15 is 0 Å². The first-order chi connectivity index (χ1) is 6.49. The number of nitrogen functional groups attached to an aromatic ring is 1. The molecule has 0 atom stereocenters. The summed E-state index contributed by atoms with van der Waals surface area (Å²) in [7, 11) is 0. The molecule has 2 rings (SSSR count). The average molecular weight is 189 g/mol. The zero-order chi connectivity index (χ0) is 10.3. The van der Waals surface area contributed by atoms with E-state index in [2.05, 4.69) is 13.8 Å². The van der Waals surface area contributed by atoms with E-state index in [1.165, 1.54) is 5.56 Å². The van der Waals surface area contributed by atoms with Crippen LogP contribution in [0.5, 0.6) is 0 Å². The summed E-state index contributed by atoms with van der Waals surface area (Å²) in [4.78, 5) is 11.5. The molecule has 0 aliphatic heterocycles. The largest absolute Gasteiger partial charge is 0.399 e. The maximum atomic E-state index is 11.5. The minimum atomic E-state index is -0.0555. The Morgan fingerprint density at radius 3 is 2.79 bits per heavy atom. The molecule has 1 aliphatic rings. The molecule has 2 nitrogen and oxygen atoms in total. The number of rotatable bonds is 0. The first kappa shape index (κ1) is 9.25. The topological polar surface area (TPSA) is 43.1 Å². The van der Waals surface area contributed by atoms with Gasteiger partial charge in [-0.1, -0.05) is 19.9 Å². The van der Waals surface area contributed by atoms with Crippen LogP contribution in [-0.2, 0) is 16.6 Å². The number of benzene rings is 1. The van der Waals surface area contributed by atoms with Gasteiger partial charge in [-0.3, -0.25) is 4.79 Å². The van der Waals surface area contributed by atoms with Crippen molar-refractivity contribution in [3.63, 3.8) is 0 Å². The Kier molecular flexibility index (Phi) is 1.88. The summed E-state index contributed by atoms with van der Waals surface area (Å²) in [6.07, 6.45) is 1.20. The van der Waals surface area contributed by atoms with Crippen LogP contribution in [0.15, 0.2) is 18.2 Å². The predicted octanol–water partition coefficient (Wildman–Crippen LogP) is 2.06. The van der Waals surface area contributed by atoms with Crippen LogP contribution in [-0.4, -0.2) is 5.78 Å². The van der Waals surface area contributed by atoms with Crippen LogP contribution in [0.2, 0.25) is 0 Å². The third-order valence-corrected chi connectivity index (χ3v) is 2.89. The Morgan fingerprint density at radius 1 is 1.36 bits per heavy atom. The molecule has 2 heteroatoms. The van der Waals surface area contributed by atoms with E-state index in [1.807, 2.05) is 18.2 Å². The molecule has 0 bridgehead atoms. The number of nitrogens with two attached hydrogens (primary N) is 1. The summed E-state index contributed by atoms with van der Waals surface area (Å²) in [5.74, 6) is 0.326. The molecular formula is C12H15NO. The van der Waals surface area contributed by atoms with E-state index in [0.717, 1.165) is 11.3 Å². The van der Waals surface area contributed by atoms with Gasteiger partial charge in [0, 0.05) is 18.5 Å². The van der Waals surface area contributed by atoms with Crippen molar-refractivity contribution in [3.8, 4) is 0 Å². The van der Waals surface area contributed by atoms with Gasteiger partial charge >= 0.3 is 0 Å². The molecule has 1 aromatic rings. The van der Waals surface area contributed by atoms with Crippen molar-refractivity contribution in [1.82, 2.24) is 0 Å². The van der Waals surface area contributed by atoms with Gasteiger partial charge in [-0.2, -0.15) is 0 Å². The number of anilines is 1. The van der Waals surface area contributed by atoms with Crippen molar-refractivity contribution in [2.24, 2.45) is 0 Å². The highest BCUT2D eigenvalue weighted by Crippen LogP contribution is 2.35. The highest BCUT2D eigenvalue weighted by molar-refractivity contribution is 5.85. The lowest BCUT2D eigenvalue weighted by molar-refractivity contribution is -0.120. The normalized spacial score (nSPS) is 19.1. The Bertz CT molecular complexity index is 393. The number of hydrogen-bond donors (Lipinski definition) is 1. The zero-order valence-electron chi connectivity index (χ0n) is 8.63. The minimum absolute atomic E-state index is 0.0555. The van der Waals surface area contributed by atoms with E-state index in [0.29, 0.717) is 18.6 Å². The van der Waals surface area contributed by atoms with Crippen molar-refractivity contribution in [2.45, 2.75) is 32.1 Å². The smallest absolute Gasteiger partial charge is 0.138 e. The Labute approximate surface area is 84.1 Å². The molecule has 0 amide bonds. The third kappa shape index (κ3) is 1.41. The summed E-state index contributed by atoms with van der Waals surface area (Å²) in [5, 5.41) is 0.